The molecule has 0 bridgehead atoms. The van der Waals surface area contributed by atoms with Crippen molar-refractivity contribution in [2.45, 2.75) is 50.6 Å². The van der Waals surface area contributed by atoms with E-state index in [0.29, 0.717) is 26.2 Å². The molecule has 18 heavy (non-hydrogen) atoms. The van der Waals surface area contributed by atoms with E-state index in [4.69, 9.17) is 9.47 Å². The molecular formula is C12H20F3NO2. The molecule has 1 aliphatic heterocycles. The number of rotatable bonds is 3. The summed E-state index contributed by atoms with van der Waals surface area (Å²) in [6.45, 7) is 3.36. The highest BCUT2D eigenvalue weighted by molar-refractivity contribution is 4.83. The van der Waals surface area contributed by atoms with Gasteiger partial charge in [-0.3, -0.25) is 0 Å². The van der Waals surface area contributed by atoms with Gasteiger partial charge in [0, 0.05) is 12.6 Å². The molecule has 6 heteroatoms. The van der Waals surface area contributed by atoms with Crippen molar-refractivity contribution >= 4 is 0 Å². The Morgan fingerprint density at radius 2 is 1.89 bits per heavy atom. The van der Waals surface area contributed by atoms with E-state index in [1.807, 2.05) is 6.92 Å². The standard InChI is InChI=1S/C12H20F3NO2/c1-11(17-5-6-18-11)8-16-10-4-2-3-9(7-10)12(13,14)15/h9-10,16H,2-8H2,1H3/t9-,10-/m0/s1. The van der Waals surface area contributed by atoms with Crippen LogP contribution in [-0.2, 0) is 9.47 Å². The third-order valence-corrected chi connectivity index (χ3v) is 3.75. The first-order chi connectivity index (χ1) is 8.39. The number of alkyl halides is 3. The van der Waals surface area contributed by atoms with Crippen LogP contribution >= 0.6 is 0 Å². The van der Waals surface area contributed by atoms with Gasteiger partial charge in [0.1, 0.15) is 0 Å². The first kappa shape index (κ1) is 14.1. The van der Waals surface area contributed by atoms with Crippen molar-refractivity contribution in [1.29, 1.82) is 0 Å². The second kappa shape index (κ2) is 5.35. The molecule has 0 aromatic carbocycles. The van der Waals surface area contributed by atoms with Crippen LogP contribution < -0.4 is 5.32 Å². The van der Waals surface area contributed by atoms with Gasteiger partial charge in [-0.15, -0.1) is 0 Å². The molecule has 3 nitrogen and oxygen atoms in total. The summed E-state index contributed by atoms with van der Waals surface area (Å²) in [4.78, 5) is 0. The Labute approximate surface area is 105 Å². The van der Waals surface area contributed by atoms with Crippen molar-refractivity contribution < 1.29 is 22.6 Å². The third kappa shape index (κ3) is 3.59. The highest BCUT2D eigenvalue weighted by atomic mass is 19.4. The largest absolute Gasteiger partial charge is 0.391 e. The lowest BCUT2D eigenvalue weighted by Crippen LogP contribution is -2.46. The van der Waals surface area contributed by atoms with E-state index >= 15 is 0 Å². The normalized spacial score (nSPS) is 32.7. The Kier molecular flexibility index (Phi) is 4.18. The van der Waals surface area contributed by atoms with Gasteiger partial charge < -0.3 is 14.8 Å². The summed E-state index contributed by atoms with van der Waals surface area (Å²) in [5.41, 5.74) is 0. The molecule has 2 fully saturated rings. The van der Waals surface area contributed by atoms with E-state index in [1.54, 1.807) is 0 Å². The minimum atomic E-state index is -4.06. The average Bonchev–Trinajstić information content (AvgIpc) is 2.74. The van der Waals surface area contributed by atoms with Crippen LogP contribution in [0.1, 0.15) is 32.6 Å². The number of halogens is 3. The molecule has 2 rings (SSSR count). The monoisotopic (exact) mass is 267 g/mol. The van der Waals surface area contributed by atoms with Gasteiger partial charge in [-0.1, -0.05) is 6.42 Å². The smallest absolute Gasteiger partial charge is 0.347 e. The van der Waals surface area contributed by atoms with Crippen LogP contribution in [0.5, 0.6) is 0 Å². The van der Waals surface area contributed by atoms with E-state index in [-0.39, 0.29) is 18.9 Å². The number of hydrogen-bond donors (Lipinski definition) is 1. The van der Waals surface area contributed by atoms with Crippen LogP contribution in [0, 0.1) is 5.92 Å². The number of ether oxygens (including phenoxy) is 2. The fourth-order valence-corrected chi connectivity index (χ4v) is 2.66. The van der Waals surface area contributed by atoms with Gasteiger partial charge >= 0.3 is 6.18 Å². The van der Waals surface area contributed by atoms with Crippen LogP contribution in [0.3, 0.4) is 0 Å². The average molecular weight is 267 g/mol. The molecule has 1 saturated heterocycles. The Morgan fingerprint density at radius 3 is 2.50 bits per heavy atom. The zero-order valence-electron chi connectivity index (χ0n) is 10.6. The second-order valence-electron chi connectivity index (χ2n) is 5.31. The van der Waals surface area contributed by atoms with Crippen LogP contribution in [0.2, 0.25) is 0 Å². The SMILES string of the molecule is CC1(CN[C@H]2CCC[C@H](C(F)(F)F)C2)OCCO1. The minimum Gasteiger partial charge on any atom is -0.347 e. The lowest BCUT2D eigenvalue weighted by atomic mass is 9.85. The molecule has 106 valence electrons. The van der Waals surface area contributed by atoms with Gasteiger partial charge in [0.15, 0.2) is 5.79 Å². The summed E-state index contributed by atoms with van der Waals surface area (Å²) in [6, 6.07) is -0.0880. The maximum Gasteiger partial charge on any atom is 0.391 e. The van der Waals surface area contributed by atoms with Crippen LogP contribution in [0.25, 0.3) is 0 Å². The zero-order valence-corrected chi connectivity index (χ0v) is 10.6. The quantitative estimate of drug-likeness (QED) is 0.852. The van der Waals surface area contributed by atoms with Gasteiger partial charge in [-0.25, -0.2) is 0 Å². The van der Waals surface area contributed by atoms with Gasteiger partial charge in [0.05, 0.1) is 19.1 Å². The minimum absolute atomic E-state index is 0.0880. The molecule has 0 aromatic rings. The lowest BCUT2D eigenvalue weighted by Gasteiger charge is -2.33. The van der Waals surface area contributed by atoms with Crippen molar-refractivity contribution in [1.82, 2.24) is 5.32 Å². The highest BCUT2D eigenvalue weighted by Gasteiger charge is 2.42. The van der Waals surface area contributed by atoms with E-state index in [2.05, 4.69) is 5.32 Å². The molecule has 1 aliphatic carbocycles. The maximum absolute atomic E-state index is 12.7. The third-order valence-electron chi connectivity index (χ3n) is 3.75. The molecule has 1 heterocycles. The molecular weight excluding hydrogens is 247 g/mol. The van der Waals surface area contributed by atoms with Gasteiger partial charge in [-0.2, -0.15) is 13.2 Å². The Balaban J connectivity index is 1.79. The van der Waals surface area contributed by atoms with Crippen molar-refractivity contribution in [3.05, 3.63) is 0 Å². The lowest BCUT2D eigenvalue weighted by molar-refractivity contribution is -0.184. The maximum atomic E-state index is 12.7. The van der Waals surface area contributed by atoms with Crippen molar-refractivity contribution in [2.75, 3.05) is 19.8 Å². The first-order valence-corrected chi connectivity index (χ1v) is 6.47. The number of hydrogen-bond acceptors (Lipinski definition) is 3. The predicted octanol–water partition coefficient (Wildman–Crippen LogP) is 2.46. The fourth-order valence-electron chi connectivity index (χ4n) is 2.66. The molecule has 1 N–H and O–H groups in total. The van der Waals surface area contributed by atoms with Crippen LogP contribution in [0.4, 0.5) is 13.2 Å². The Bertz CT molecular complexity index is 277. The van der Waals surface area contributed by atoms with E-state index in [0.717, 1.165) is 6.42 Å². The summed E-state index contributed by atoms with van der Waals surface area (Å²) < 4.78 is 48.8. The molecule has 2 aliphatic rings. The Hall–Kier alpha value is -0.330. The summed E-state index contributed by atoms with van der Waals surface area (Å²) in [6.07, 6.45) is -2.22. The van der Waals surface area contributed by atoms with Gasteiger partial charge in [-0.05, 0) is 26.2 Å². The summed E-state index contributed by atoms with van der Waals surface area (Å²) in [5.74, 6) is -1.84. The predicted molar refractivity (Wildman–Crippen MR) is 60.1 cm³/mol. The second-order valence-corrected chi connectivity index (χ2v) is 5.31. The molecule has 1 saturated carbocycles. The van der Waals surface area contributed by atoms with Crippen molar-refractivity contribution in [3.63, 3.8) is 0 Å². The van der Waals surface area contributed by atoms with Crippen molar-refractivity contribution in [3.8, 4) is 0 Å². The van der Waals surface area contributed by atoms with Gasteiger partial charge in [0.25, 0.3) is 0 Å². The topological polar surface area (TPSA) is 30.5 Å². The molecule has 0 aromatic heterocycles. The van der Waals surface area contributed by atoms with E-state index in [9.17, 15) is 13.2 Å². The molecule has 0 amide bonds. The van der Waals surface area contributed by atoms with Crippen LogP contribution in [-0.4, -0.2) is 37.8 Å². The zero-order chi connectivity index (χ0) is 13.2. The van der Waals surface area contributed by atoms with Gasteiger partial charge in [0.2, 0.25) is 0 Å². The molecule has 2 atom stereocenters. The summed E-state index contributed by atoms with van der Waals surface area (Å²) >= 11 is 0. The summed E-state index contributed by atoms with van der Waals surface area (Å²) in [7, 11) is 0. The fraction of sp³-hybridized carbons (Fsp3) is 1.00. The van der Waals surface area contributed by atoms with Crippen molar-refractivity contribution in [2.24, 2.45) is 5.92 Å². The van der Waals surface area contributed by atoms with E-state index < -0.39 is 17.9 Å². The first-order valence-electron chi connectivity index (χ1n) is 6.47. The summed E-state index contributed by atoms with van der Waals surface area (Å²) in [5, 5.41) is 3.16. The Morgan fingerprint density at radius 1 is 1.22 bits per heavy atom. The molecule has 0 spiro atoms. The van der Waals surface area contributed by atoms with Crippen LogP contribution in [0.15, 0.2) is 0 Å². The number of nitrogens with one attached hydrogen (secondary N) is 1. The molecule has 0 unspecified atom stereocenters. The molecule has 0 radical (unpaired) electrons. The highest BCUT2D eigenvalue weighted by Crippen LogP contribution is 2.37. The van der Waals surface area contributed by atoms with E-state index in [1.165, 1.54) is 0 Å².